The molecule has 24 heteroatoms. The fourth-order valence-electron chi connectivity index (χ4n) is 7.74. The first-order valence-corrected chi connectivity index (χ1v) is 25.0. The lowest BCUT2D eigenvalue weighted by molar-refractivity contribution is -0.435. The molecule has 18 nitrogen and oxygen atoms in total. The van der Waals surface area contributed by atoms with Crippen molar-refractivity contribution in [2.24, 2.45) is 0 Å². The lowest BCUT2D eigenvalue weighted by Crippen LogP contribution is -2.29. The molecule has 0 saturated heterocycles. The van der Waals surface area contributed by atoms with Crippen molar-refractivity contribution in [3.63, 3.8) is 0 Å². The molecule has 2 aliphatic heterocycles. The fourth-order valence-corrected chi connectivity index (χ4v) is 12.4. The minimum atomic E-state index is -4.79. The zero-order chi connectivity index (χ0) is 44.0. The summed E-state index contributed by atoms with van der Waals surface area (Å²) in [4.78, 5) is 26.6. The fraction of sp³-hybridized carbons (Fsp3) is 0.343. The number of allylic oxidation sites excluding steroid dienone is 4. The lowest BCUT2D eigenvalue weighted by Gasteiger charge is -2.27. The number of hydrogen-bond acceptors (Lipinski definition) is 13. The Balaban J connectivity index is 1.58. The largest absolute Gasteiger partial charge is 0.478 e. The highest BCUT2D eigenvalue weighted by Gasteiger charge is 2.47. The number of carbonyl (C=O) groups is 2. The Morgan fingerprint density at radius 3 is 1.71 bits per heavy atom. The van der Waals surface area contributed by atoms with E-state index in [9.17, 15) is 71.7 Å². The average molecular weight is 934 g/mol. The predicted octanol–water partition coefficient (Wildman–Crippen LogP) is 5.18. The Hall–Kier alpha value is -4.11. The van der Waals surface area contributed by atoms with Crippen LogP contribution in [0.5, 0.6) is 0 Å². The molecule has 2 aromatic heterocycles. The minimum Gasteiger partial charge on any atom is -0.478 e. The molecule has 0 bridgehead atoms. The first-order valence-electron chi connectivity index (χ1n) is 17.3. The second-order valence-electron chi connectivity index (χ2n) is 14.9. The number of fused-ring (bicyclic) bond motifs is 6. The van der Waals surface area contributed by atoms with Crippen LogP contribution in [0.3, 0.4) is 0 Å². The number of carboxylic acid groups (broad SMARTS) is 2. The number of nitrogens with zero attached hydrogens (tertiary/aromatic N) is 2. The third-order valence-electron chi connectivity index (χ3n) is 10.3. The van der Waals surface area contributed by atoms with Gasteiger partial charge in [-0.1, -0.05) is 19.9 Å². The molecule has 0 radical (unpaired) electrons. The van der Waals surface area contributed by atoms with E-state index in [0.717, 1.165) is 12.1 Å². The summed E-state index contributed by atoms with van der Waals surface area (Å²) in [5, 5.41) is 20.6. The van der Waals surface area contributed by atoms with Crippen LogP contribution in [0.2, 0.25) is 0 Å². The van der Waals surface area contributed by atoms with Crippen LogP contribution in [-0.4, -0.2) is 109 Å². The van der Waals surface area contributed by atoms with Gasteiger partial charge in [-0.2, -0.15) is 38.2 Å². The zero-order valence-corrected chi connectivity index (χ0v) is 36.3. The van der Waals surface area contributed by atoms with E-state index in [-0.39, 0.29) is 57.2 Å². The predicted molar refractivity (Wildman–Crippen MR) is 220 cm³/mol. The monoisotopic (exact) mass is 933 g/mol. The van der Waals surface area contributed by atoms with E-state index < -0.39 is 83.2 Å². The molecular weight excluding hydrogens is 897 g/mol. The van der Waals surface area contributed by atoms with Crippen molar-refractivity contribution in [3.05, 3.63) is 70.4 Å². The first kappa shape index (κ1) is 44.4. The molecule has 59 heavy (non-hydrogen) atoms. The maximum absolute atomic E-state index is 12.5. The number of anilines is 1. The zero-order valence-electron chi connectivity index (χ0n) is 31.4. The Morgan fingerprint density at radius 1 is 0.712 bits per heavy atom. The Bertz CT molecular complexity index is 3060. The van der Waals surface area contributed by atoms with Gasteiger partial charge >= 0.3 is 32.2 Å². The van der Waals surface area contributed by atoms with Crippen LogP contribution in [0.4, 0.5) is 11.4 Å². The topological polar surface area (TPSA) is 298 Å². The quantitative estimate of drug-likeness (QED) is 0.0701. The van der Waals surface area contributed by atoms with Gasteiger partial charge in [0.25, 0.3) is 20.2 Å². The van der Waals surface area contributed by atoms with E-state index in [1.807, 2.05) is 0 Å². The van der Waals surface area contributed by atoms with E-state index in [2.05, 4.69) is 0 Å². The van der Waals surface area contributed by atoms with Crippen LogP contribution in [0, 0.1) is 0 Å². The van der Waals surface area contributed by atoms with Gasteiger partial charge in [0.2, 0.25) is 5.69 Å². The van der Waals surface area contributed by atoms with Crippen LogP contribution in [0.15, 0.2) is 56.6 Å². The van der Waals surface area contributed by atoms with Crippen molar-refractivity contribution in [3.8, 4) is 0 Å². The van der Waals surface area contributed by atoms with Gasteiger partial charge in [-0.25, -0.2) is 9.59 Å². The molecule has 4 heterocycles. The highest BCUT2D eigenvalue weighted by atomic mass is 32.3. The van der Waals surface area contributed by atoms with Gasteiger partial charge in [-0.15, -0.1) is 22.7 Å². The summed E-state index contributed by atoms with van der Waals surface area (Å²) in [7, 11) is -18.4. The van der Waals surface area contributed by atoms with Crippen molar-refractivity contribution in [1.29, 1.82) is 0 Å². The van der Waals surface area contributed by atoms with Crippen molar-refractivity contribution < 1.29 is 76.3 Å². The molecule has 2 aliphatic rings. The summed E-state index contributed by atoms with van der Waals surface area (Å²) in [6, 6.07) is 5.02. The molecule has 0 saturated carbocycles. The minimum absolute atomic E-state index is 0.0236. The van der Waals surface area contributed by atoms with Gasteiger partial charge in [-0.05, 0) is 56.2 Å². The SMILES string of the molecule is CC1(C)C(/C=C/C=C2/N(CCCS(=O)(=O)O)c3c(cc(C(=O)O)c4sc(S(=O)(=O)O)cc34)C2(C)C)=[N+](CCCS(=O)(=O)O)c2c1cc(C(=O)O)c1sc(S(=O)(=O)O)cc21. The van der Waals surface area contributed by atoms with Crippen LogP contribution < -0.4 is 4.90 Å². The maximum Gasteiger partial charge on any atom is 0.337 e. The number of hydrogen-bond donors (Lipinski definition) is 6. The highest BCUT2D eigenvalue weighted by molar-refractivity contribution is 7.88. The van der Waals surface area contributed by atoms with Crippen LogP contribution >= 0.6 is 22.7 Å². The van der Waals surface area contributed by atoms with Gasteiger partial charge in [0.05, 0.1) is 48.5 Å². The molecule has 6 rings (SSSR count). The molecule has 0 spiro atoms. The molecule has 0 atom stereocenters. The molecule has 0 amide bonds. The van der Waals surface area contributed by atoms with Gasteiger partial charge in [-0.3, -0.25) is 18.2 Å². The second-order valence-corrected chi connectivity index (χ2v) is 23.5. The van der Waals surface area contributed by atoms with E-state index in [1.165, 1.54) is 12.1 Å². The summed E-state index contributed by atoms with van der Waals surface area (Å²) in [6.07, 6.45) is 4.59. The maximum atomic E-state index is 12.5. The van der Waals surface area contributed by atoms with E-state index in [0.29, 0.717) is 56.6 Å². The van der Waals surface area contributed by atoms with Crippen LogP contribution in [-0.2, 0) is 51.3 Å². The van der Waals surface area contributed by atoms with Gasteiger partial charge in [0.15, 0.2) is 5.71 Å². The smallest absolute Gasteiger partial charge is 0.337 e. The number of carboxylic acids is 2. The molecule has 0 aliphatic carbocycles. The molecule has 0 unspecified atom stereocenters. The van der Waals surface area contributed by atoms with Gasteiger partial charge in [0.1, 0.15) is 15.0 Å². The second kappa shape index (κ2) is 14.8. The summed E-state index contributed by atoms with van der Waals surface area (Å²) in [5.41, 5.74) is -0.206. The number of benzene rings is 2. The summed E-state index contributed by atoms with van der Waals surface area (Å²) < 4.78 is 135. The molecule has 2 aromatic carbocycles. The summed E-state index contributed by atoms with van der Waals surface area (Å²) in [6.45, 7) is 6.85. The normalized spacial score (nSPS) is 17.5. The number of aromatic carboxylic acids is 2. The number of thiophene rings is 2. The first-order chi connectivity index (χ1) is 26.9. The summed E-state index contributed by atoms with van der Waals surface area (Å²) in [5.74, 6) is -4.07. The van der Waals surface area contributed by atoms with Crippen molar-refractivity contribution in [2.75, 3.05) is 29.5 Å². The van der Waals surface area contributed by atoms with E-state index >= 15 is 0 Å². The van der Waals surface area contributed by atoms with Gasteiger partial charge in [0, 0.05) is 41.1 Å². The average Bonchev–Trinajstić information content (AvgIpc) is 3.81. The third-order valence-corrected chi connectivity index (χ3v) is 16.9. The van der Waals surface area contributed by atoms with Crippen molar-refractivity contribution in [2.45, 2.75) is 59.8 Å². The Labute approximate surface area is 346 Å². The lowest BCUT2D eigenvalue weighted by atomic mass is 9.80. The van der Waals surface area contributed by atoms with E-state index in [4.69, 9.17) is 0 Å². The highest BCUT2D eigenvalue weighted by Crippen LogP contribution is 2.54. The molecule has 4 aromatic rings. The Kier molecular flexibility index (Phi) is 11.2. The van der Waals surface area contributed by atoms with Crippen molar-refractivity contribution >= 4 is 112 Å². The van der Waals surface area contributed by atoms with Gasteiger partial charge < -0.3 is 15.1 Å². The Morgan fingerprint density at radius 2 is 1.20 bits per heavy atom. The standard InChI is InChI=1S/C35H36N2O16S6/c1-34(2)22-14-20(32(38)39)30-18(16-26(54-30)58(48,49)50)28(22)36(10-6-12-56(42,43)44)24(34)8-5-9-25-35(3,4)23-15-21(33(40)41)31-19(17-27(55-31)59(51,52)53)29(23)37(25)11-7-13-57(45,46)47/h5,8-9,14-17H,6-7,10-13H2,1-4H3,(H5-,38,39,40,41,42,43,44,45,46,47,48,49,50,51,52,53)/p+1. The van der Waals surface area contributed by atoms with Crippen molar-refractivity contribution in [1.82, 2.24) is 0 Å². The molecule has 0 fully saturated rings. The van der Waals surface area contributed by atoms with E-state index in [1.54, 1.807) is 55.4 Å². The molecule has 318 valence electrons. The van der Waals surface area contributed by atoms with Crippen LogP contribution in [0.25, 0.3) is 20.2 Å². The number of rotatable bonds is 14. The molecular formula is C35H37N2O16S6+. The summed E-state index contributed by atoms with van der Waals surface area (Å²) >= 11 is 1.08. The molecule has 6 N–H and O–H groups in total. The third kappa shape index (κ3) is 8.34. The van der Waals surface area contributed by atoms with Crippen LogP contribution in [0.1, 0.15) is 72.4 Å².